The molecule has 0 rings (SSSR count). The first-order valence-corrected chi connectivity index (χ1v) is 23.2. The van der Waals surface area contributed by atoms with E-state index in [-0.39, 0.29) is 25.8 Å². The number of phosphoric acid groups is 1. The Morgan fingerprint density at radius 3 is 1.29 bits per heavy atom. The lowest BCUT2D eigenvalue weighted by atomic mass is 10.0. The molecule has 0 N–H and O–H groups in total. The van der Waals surface area contributed by atoms with E-state index in [1.807, 2.05) is 21.1 Å². The summed E-state index contributed by atoms with van der Waals surface area (Å²) in [5.74, 6) is -0.265. The highest BCUT2D eigenvalue weighted by atomic mass is 31.2. The summed E-state index contributed by atoms with van der Waals surface area (Å²) < 4.78 is 34.6. The number of likely N-dealkylation sites (N-methyl/N-ethyl adjacent to an activating group) is 1. The lowest BCUT2D eigenvalue weighted by Crippen LogP contribution is -2.37. The van der Waals surface area contributed by atoms with Crippen LogP contribution < -0.4 is 4.89 Å². The summed E-state index contributed by atoms with van der Waals surface area (Å²) >= 11 is 0. The van der Waals surface area contributed by atoms with Crippen LogP contribution in [0, 0.1) is 0 Å². The van der Waals surface area contributed by atoms with Crippen molar-refractivity contribution in [2.24, 2.45) is 0 Å². The van der Waals surface area contributed by atoms with Gasteiger partial charge < -0.3 is 27.9 Å². The van der Waals surface area contributed by atoms with E-state index in [2.05, 4.69) is 13.8 Å². The van der Waals surface area contributed by atoms with E-state index in [1.165, 1.54) is 154 Å². The predicted molar refractivity (Wildman–Crippen MR) is 213 cm³/mol. The molecule has 0 bridgehead atoms. The smallest absolute Gasteiger partial charge is 0.305 e. The number of phosphoric ester groups is 1. The zero-order valence-electron chi connectivity index (χ0n) is 34.6. The topological polar surface area (TPSA) is 94.1 Å². The van der Waals surface area contributed by atoms with Crippen LogP contribution in [0.1, 0.15) is 206 Å². The molecular formula is C42H86NO7P. The van der Waals surface area contributed by atoms with Gasteiger partial charge in [0.05, 0.1) is 27.7 Å². The van der Waals surface area contributed by atoms with Crippen molar-refractivity contribution in [1.29, 1.82) is 0 Å². The third-order valence-corrected chi connectivity index (χ3v) is 10.7. The third-order valence-electron chi connectivity index (χ3n) is 9.70. The van der Waals surface area contributed by atoms with Crippen LogP contribution in [0.2, 0.25) is 0 Å². The van der Waals surface area contributed by atoms with E-state index in [0.29, 0.717) is 24.1 Å². The van der Waals surface area contributed by atoms with Gasteiger partial charge in [-0.15, -0.1) is 0 Å². The first-order valence-electron chi connectivity index (χ1n) is 21.8. The first-order chi connectivity index (χ1) is 24.6. The van der Waals surface area contributed by atoms with Crippen LogP contribution in [0.25, 0.3) is 0 Å². The summed E-state index contributed by atoms with van der Waals surface area (Å²) in [7, 11) is 1.42. The van der Waals surface area contributed by atoms with Crippen molar-refractivity contribution >= 4 is 13.8 Å². The van der Waals surface area contributed by atoms with Crippen LogP contribution in [0.5, 0.6) is 0 Å². The van der Waals surface area contributed by atoms with Gasteiger partial charge in [-0.2, -0.15) is 0 Å². The molecule has 2 atom stereocenters. The molecule has 0 amide bonds. The fourth-order valence-corrected chi connectivity index (χ4v) is 6.96. The highest BCUT2D eigenvalue weighted by molar-refractivity contribution is 7.45. The van der Waals surface area contributed by atoms with Crippen LogP contribution in [-0.2, 0) is 27.9 Å². The van der Waals surface area contributed by atoms with Crippen LogP contribution >= 0.6 is 7.82 Å². The summed E-state index contributed by atoms with van der Waals surface area (Å²) in [6, 6.07) is 0. The molecule has 8 nitrogen and oxygen atoms in total. The van der Waals surface area contributed by atoms with Gasteiger partial charge in [-0.3, -0.25) is 9.36 Å². The minimum Gasteiger partial charge on any atom is -0.756 e. The van der Waals surface area contributed by atoms with Crippen molar-refractivity contribution in [1.82, 2.24) is 0 Å². The maximum Gasteiger partial charge on any atom is 0.305 e. The van der Waals surface area contributed by atoms with Crippen molar-refractivity contribution in [2.75, 3.05) is 54.1 Å². The molecule has 0 saturated carbocycles. The van der Waals surface area contributed by atoms with E-state index < -0.39 is 13.9 Å². The molecular weight excluding hydrogens is 661 g/mol. The van der Waals surface area contributed by atoms with Gasteiger partial charge in [-0.1, -0.05) is 187 Å². The van der Waals surface area contributed by atoms with Gasteiger partial charge in [0.15, 0.2) is 0 Å². The van der Waals surface area contributed by atoms with Gasteiger partial charge in [0, 0.05) is 13.0 Å². The second-order valence-corrected chi connectivity index (χ2v) is 17.5. The molecule has 0 spiro atoms. The first kappa shape index (κ1) is 50.5. The number of quaternary nitrogens is 1. The Morgan fingerprint density at radius 1 is 0.529 bits per heavy atom. The summed E-state index contributed by atoms with van der Waals surface area (Å²) in [5.41, 5.74) is 0. The number of esters is 1. The number of carbonyl (C=O) groups is 1. The fourth-order valence-electron chi connectivity index (χ4n) is 6.23. The minimum absolute atomic E-state index is 0.0188. The normalized spacial score (nSPS) is 13.8. The van der Waals surface area contributed by atoms with Crippen molar-refractivity contribution in [2.45, 2.75) is 213 Å². The molecule has 0 fully saturated rings. The fraction of sp³-hybridized carbons (Fsp3) is 0.976. The van der Waals surface area contributed by atoms with Crippen molar-refractivity contribution in [3.8, 4) is 0 Å². The molecule has 0 aromatic carbocycles. The summed E-state index contributed by atoms with van der Waals surface area (Å²) in [4.78, 5) is 24.8. The van der Waals surface area contributed by atoms with E-state index in [9.17, 15) is 14.3 Å². The summed E-state index contributed by atoms with van der Waals surface area (Å²) in [6.07, 6.45) is 36.9. The highest BCUT2D eigenvalue weighted by Crippen LogP contribution is 2.38. The zero-order valence-corrected chi connectivity index (χ0v) is 35.5. The van der Waals surface area contributed by atoms with Gasteiger partial charge in [-0.25, -0.2) is 0 Å². The van der Waals surface area contributed by atoms with E-state index >= 15 is 0 Å². The van der Waals surface area contributed by atoms with Crippen molar-refractivity contribution in [3.63, 3.8) is 0 Å². The maximum absolute atomic E-state index is 12.5. The quantitative estimate of drug-likeness (QED) is 0.0266. The van der Waals surface area contributed by atoms with E-state index in [0.717, 1.165) is 32.1 Å². The molecule has 9 heteroatoms. The standard InChI is InChI=1S/C42H86NO7P/c1-6-8-10-12-14-16-18-20-21-22-24-26-28-30-32-34-37-47-41(40-50-51(45,46)49-38-36-43(3,4)5)39-48-42(44)35-33-31-29-27-25-23-19-17-15-13-11-9-7-2/h41H,6-40H2,1-5H3. The van der Waals surface area contributed by atoms with Gasteiger partial charge >= 0.3 is 5.97 Å². The molecule has 0 saturated heterocycles. The monoisotopic (exact) mass is 748 g/mol. The Hall–Kier alpha value is -0.500. The largest absolute Gasteiger partial charge is 0.756 e. The second-order valence-electron chi connectivity index (χ2n) is 16.1. The average Bonchev–Trinajstić information content (AvgIpc) is 3.08. The minimum atomic E-state index is -4.48. The van der Waals surface area contributed by atoms with Gasteiger partial charge in [0.25, 0.3) is 7.82 Å². The molecule has 2 unspecified atom stereocenters. The van der Waals surface area contributed by atoms with E-state index in [4.69, 9.17) is 18.5 Å². The third kappa shape index (κ3) is 40.5. The summed E-state index contributed by atoms with van der Waals surface area (Å²) in [6.45, 7) is 5.35. The Balaban J connectivity index is 4.19. The molecule has 0 radical (unpaired) electrons. The van der Waals surface area contributed by atoms with E-state index in [1.54, 1.807) is 0 Å². The number of hydrogen-bond acceptors (Lipinski definition) is 7. The van der Waals surface area contributed by atoms with Gasteiger partial charge in [-0.05, 0) is 12.8 Å². The lowest BCUT2D eigenvalue weighted by molar-refractivity contribution is -0.870. The molecule has 0 aliphatic heterocycles. The number of carbonyl (C=O) groups excluding carboxylic acids is 1. The van der Waals surface area contributed by atoms with Gasteiger partial charge in [0.1, 0.15) is 25.9 Å². The molecule has 0 aromatic heterocycles. The number of unbranched alkanes of at least 4 members (excludes halogenated alkanes) is 27. The number of nitrogens with zero attached hydrogens (tertiary/aromatic N) is 1. The SMILES string of the molecule is CCCCCCCCCCCCCCCCCCOC(COC(=O)CCCCCCCCCCCCCCC)COP(=O)([O-])OCC[N+](C)(C)C. The predicted octanol–water partition coefficient (Wildman–Crippen LogP) is 11.9. The Labute approximate surface area is 317 Å². The van der Waals surface area contributed by atoms with Crippen LogP contribution in [0.4, 0.5) is 0 Å². The summed E-state index contributed by atoms with van der Waals surface area (Å²) in [5, 5.41) is 0. The number of ether oxygens (including phenoxy) is 2. The highest BCUT2D eigenvalue weighted by Gasteiger charge is 2.19. The van der Waals surface area contributed by atoms with Crippen LogP contribution in [-0.4, -0.2) is 70.7 Å². The number of rotatable bonds is 41. The van der Waals surface area contributed by atoms with Crippen LogP contribution in [0.15, 0.2) is 0 Å². The molecule has 0 aliphatic carbocycles. The number of hydrogen-bond donors (Lipinski definition) is 0. The molecule has 51 heavy (non-hydrogen) atoms. The van der Waals surface area contributed by atoms with Crippen molar-refractivity contribution < 1.29 is 37.3 Å². The lowest BCUT2D eigenvalue weighted by Gasteiger charge is -2.28. The molecule has 0 heterocycles. The van der Waals surface area contributed by atoms with Crippen LogP contribution in [0.3, 0.4) is 0 Å². The Bertz CT molecular complexity index is 792. The Morgan fingerprint density at radius 2 is 0.902 bits per heavy atom. The van der Waals surface area contributed by atoms with Gasteiger partial charge in [0.2, 0.25) is 0 Å². The maximum atomic E-state index is 12.5. The zero-order chi connectivity index (χ0) is 37.7. The Kier molecular flexibility index (Phi) is 36.1. The van der Waals surface area contributed by atoms with Crippen molar-refractivity contribution in [3.05, 3.63) is 0 Å². The molecule has 0 aliphatic rings. The molecule has 0 aromatic rings. The second kappa shape index (κ2) is 36.5. The average molecular weight is 748 g/mol. The molecule has 306 valence electrons.